The zero-order chi connectivity index (χ0) is 11.4. The van der Waals surface area contributed by atoms with Gasteiger partial charge in [-0.1, -0.05) is 12.8 Å². The summed E-state index contributed by atoms with van der Waals surface area (Å²) in [5.74, 6) is 0. The maximum Gasteiger partial charge on any atom is 0.0825 e. The van der Waals surface area contributed by atoms with Crippen LogP contribution in [0.3, 0.4) is 0 Å². The highest BCUT2D eigenvalue weighted by molar-refractivity contribution is 9.10. The predicted octanol–water partition coefficient (Wildman–Crippen LogP) is 3.56. The standard InChI is InChI=1S/C12H18BrNOS/c1-14-10-4-2-3-5-11(10)15-8-12-9(13)6-7-16-12/h6-7,10-11,14H,2-5,8H2,1H3. The molecule has 0 radical (unpaired) electrons. The van der Waals surface area contributed by atoms with Crippen LogP contribution in [0.25, 0.3) is 0 Å². The van der Waals surface area contributed by atoms with Crippen molar-refractivity contribution in [2.24, 2.45) is 0 Å². The van der Waals surface area contributed by atoms with Gasteiger partial charge in [0.25, 0.3) is 0 Å². The molecule has 90 valence electrons. The molecule has 0 spiro atoms. The van der Waals surface area contributed by atoms with Gasteiger partial charge in [0.2, 0.25) is 0 Å². The van der Waals surface area contributed by atoms with Gasteiger partial charge in [-0.05, 0) is 47.3 Å². The Bertz CT molecular complexity index is 329. The van der Waals surface area contributed by atoms with Gasteiger partial charge in [-0.15, -0.1) is 11.3 Å². The van der Waals surface area contributed by atoms with Crippen LogP contribution < -0.4 is 5.32 Å². The van der Waals surface area contributed by atoms with Crippen LogP contribution in [-0.2, 0) is 11.3 Å². The van der Waals surface area contributed by atoms with E-state index in [1.807, 2.05) is 7.05 Å². The van der Waals surface area contributed by atoms with Gasteiger partial charge in [-0.3, -0.25) is 0 Å². The third kappa shape index (κ3) is 3.06. The largest absolute Gasteiger partial charge is 0.371 e. The zero-order valence-corrected chi connectivity index (χ0v) is 11.9. The molecule has 1 fully saturated rings. The van der Waals surface area contributed by atoms with Gasteiger partial charge in [-0.2, -0.15) is 0 Å². The van der Waals surface area contributed by atoms with E-state index < -0.39 is 0 Å². The van der Waals surface area contributed by atoms with Gasteiger partial charge in [0.1, 0.15) is 0 Å². The molecule has 0 aromatic carbocycles. The van der Waals surface area contributed by atoms with Crippen LogP contribution in [0.4, 0.5) is 0 Å². The van der Waals surface area contributed by atoms with E-state index in [2.05, 4.69) is 32.7 Å². The molecule has 2 atom stereocenters. The summed E-state index contributed by atoms with van der Waals surface area (Å²) in [6.07, 6.45) is 5.44. The second-order valence-corrected chi connectivity index (χ2v) is 6.08. The second-order valence-electron chi connectivity index (χ2n) is 4.22. The topological polar surface area (TPSA) is 21.3 Å². The van der Waals surface area contributed by atoms with Crippen molar-refractivity contribution in [3.05, 3.63) is 20.8 Å². The van der Waals surface area contributed by atoms with E-state index in [0.717, 1.165) is 6.61 Å². The number of nitrogens with one attached hydrogen (secondary N) is 1. The van der Waals surface area contributed by atoms with E-state index in [9.17, 15) is 0 Å². The fourth-order valence-corrected chi connectivity index (χ4v) is 3.62. The summed E-state index contributed by atoms with van der Waals surface area (Å²) in [6.45, 7) is 0.737. The molecule has 1 aromatic rings. The smallest absolute Gasteiger partial charge is 0.0825 e. The molecule has 4 heteroatoms. The Labute approximate surface area is 110 Å². The lowest BCUT2D eigenvalue weighted by molar-refractivity contribution is -0.00262. The number of hydrogen-bond donors (Lipinski definition) is 1. The van der Waals surface area contributed by atoms with Gasteiger partial charge in [0, 0.05) is 15.4 Å². The van der Waals surface area contributed by atoms with E-state index in [4.69, 9.17) is 4.74 Å². The number of thiophene rings is 1. The molecule has 0 bridgehead atoms. The van der Waals surface area contributed by atoms with E-state index >= 15 is 0 Å². The van der Waals surface area contributed by atoms with Crippen molar-refractivity contribution in [2.45, 2.75) is 44.4 Å². The molecular formula is C12H18BrNOS. The summed E-state index contributed by atoms with van der Waals surface area (Å²) in [5.41, 5.74) is 0. The second kappa shape index (κ2) is 6.15. The molecular weight excluding hydrogens is 286 g/mol. The number of hydrogen-bond acceptors (Lipinski definition) is 3. The molecule has 1 N–H and O–H groups in total. The van der Waals surface area contributed by atoms with Gasteiger partial charge in [-0.25, -0.2) is 0 Å². The Hall–Kier alpha value is 0.100. The fraction of sp³-hybridized carbons (Fsp3) is 0.667. The fourth-order valence-electron chi connectivity index (χ4n) is 2.24. The minimum absolute atomic E-state index is 0.382. The molecule has 0 amide bonds. The van der Waals surface area contributed by atoms with Crippen LogP contribution in [0.2, 0.25) is 0 Å². The number of rotatable bonds is 4. The SMILES string of the molecule is CNC1CCCCC1OCc1sccc1Br. The average Bonchev–Trinajstić information content (AvgIpc) is 2.72. The van der Waals surface area contributed by atoms with Crippen molar-refractivity contribution in [2.75, 3.05) is 7.05 Å². The predicted molar refractivity (Wildman–Crippen MR) is 71.9 cm³/mol. The van der Waals surface area contributed by atoms with Crippen molar-refractivity contribution < 1.29 is 4.74 Å². The summed E-state index contributed by atoms with van der Waals surface area (Å²) in [4.78, 5) is 1.29. The highest BCUT2D eigenvalue weighted by Crippen LogP contribution is 2.26. The summed E-state index contributed by atoms with van der Waals surface area (Å²) < 4.78 is 7.20. The molecule has 1 aromatic heterocycles. The first-order chi connectivity index (χ1) is 7.81. The normalized spacial score (nSPS) is 25.9. The molecule has 2 unspecified atom stereocenters. The van der Waals surface area contributed by atoms with Crippen LogP contribution in [-0.4, -0.2) is 19.2 Å². The van der Waals surface area contributed by atoms with Crippen molar-refractivity contribution in [3.63, 3.8) is 0 Å². The van der Waals surface area contributed by atoms with Crippen LogP contribution in [0.5, 0.6) is 0 Å². The van der Waals surface area contributed by atoms with Gasteiger partial charge in [0.15, 0.2) is 0 Å². The average molecular weight is 304 g/mol. The minimum Gasteiger partial charge on any atom is -0.371 e. The molecule has 1 heterocycles. The third-order valence-electron chi connectivity index (χ3n) is 3.19. The van der Waals surface area contributed by atoms with Crippen molar-refractivity contribution in [1.82, 2.24) is 5.32 Å². The molecule has 0 saturated heterocycles. The molecule has 2 nitrogen and oxygen atoms in total. The van der Waals surface area contributed by atoms with Crippen molar-refractivity contribution in [1.29, 1.82) is 0 Å². The maximum atomic E-state index is 6.03. The van der Waals surface area contributed by atoms with E-state index in [-0.39, 0.29) is 0 Å². The first-order valence-electron chi connectivity index (χ1n) is 5.82. The Morgan fingerprint density at radius 1 is 1.50 bits per heavy atom. The highest BCUT2D eigenvalue weighted by atomic mass is 79.9. The summed E-state index contributed by atoms with van der Waals surface area (Å²) >= 11 is 5.29. The number of ether oxygens (including phenoxy) is 1. The number of halogens is 1. The lowest BCUT2D eigenvalue weighted by Crippen LogP contribution is -2.41. The molecule has 2 rings (SSSR count). The monoisotopic (exact) mass is 303 g/mol. The van der Waals surface area contributed by atoms with E-state index in [1.165, 1.54) is 35.0 Å². The highest BCUT2D eigenvalue weighted by Gasteiger charge is 2.24. The maximum absolute atomic E-state index is 6.03. The Balaban J connectivity index is 1.86. The first kappa shape index (κ1) is 12.6. The molecule has 1 saturated carbocycles. The van der Waals surface area contributed by atoms with Gasteiger partial charge < -0.3 is 10.1 Å². The van der Waals surface area contributed by atoms with Crippen molar-refractivity contribution >= 4 is 27.3 Å². The van der Waals surface area contributed by atoms with Crippen LogP contribution >= 0.6 is 27.3 Å². The Kier molecular flexibility index (Phi) is 4.82. The molecule has 1 aliphatic carbocycles. The van der Waals surface area contributed by atoms with Crippen molar-refractivity contribution in [3.8, 4) is 0 Å². The van der Waals surface area contributed by atoms with Crippen LogP contribution in [0.15, 0.2) is 15.9 Å². The quantitative estimate of drug-likeness (QED) is 0.918. The van der Waals surface area contributed by atoms with E-state index in [0.29, 0.717) is 12.1 Å². The number of likely N-dealkylation sites (N-methyl/N-ethyl adjacent to an activating group) is 1. The molecule has 1 aliphatic rings. The zero-order valence-electron chi connectivity index (χ0n) is 9.54. The first-order valence-corrected chi connectivity index (χ1v) is 7.49. The lowest BCUT2D eigenvalue weighted by Gasteiger charge is -2.31. The van der Waals surface area contributed by atoms with Crippen LogP contribution in [0.1, 0.15) is 30.6 Å². The summed E-state index contributed by atoms with van der Waals surface area (Å²) in [6, 6.07) is 2.62. The van der Waals surface area contributed by atoms with Gasteiger partial charge in [0.05, 0.1) is 12.7 Å². The molecule has 0 aliphatic heterocycles. The van der Waals surface area contributed by atoms with Crippen LogP contribution in [0, 0.1) is 0 Å². The summed E-state index contributed by atoms with van der Waals surface area (Å²) in [7, 11) is 2.04. The van der Waals surface area contributed by atoms with Gasteiger partial charge >= 0.3 is 0 Å². The molecule has 16 heavy (non-hydrogen) atoms. The van der Waals surface area contributed by atoms with E-state index in [1.54, 1.807) is 11.3 Å². The lowest BCUT2D eigenvalue weighted by atomic mass is 9.92. The Morgan fingerprint density at radius 3 is 3.00 bits per heavy atom. The Morgan fingerprint density at radius 2 is 2.31 bits per heavy atom. The summed E-state index contributed by atoms with van der Waals surface area (Å²) in [5, 5.41) is 5.46. The third-order valence-corrected chi connectivity index (χ3v) is 5.09. The minimum atomic E-state index is 0.382.